The van der Waals surface area contributed by atoms with E-state index in [-0.39, 0.29) is 38.4 Å². The number of nitrogens with one attached hydrogen (secondary N) is 1. The number of rotatable bonds is 15. The van der Waals surface area contributed by atoms with Gasteiger partial charge in [0, 0.05) is 16.8 Å². The van der Waals surface area contributed by atoms with Crippen molar-refractivity contribution in [1.82, 2.24) is 0 Å². The number of nitrogens with zero attached hydrogens (tertiary/aromatic N) is 4. The van der Waals surface area contributed by atoms with E-state index in [0.717, 1.165) is 49.6 Å². The van der Waals surface area contributed by atoms with Crippen LogP contribution < -0.4 is 10.1 Å². The molecule has 0 aromatic heterocycles. The molecule has 0 fully saturated rings. The topological polar surface area (TPSA) is 352 Å². The summed E-state index contributed by atoms with van der Waals surface area (Å²) in [6, 6.07) is 8.71. The van der Waals surface area contributed by atoms with Crippen LogP contribution in [0.3, 0.4) is 0 Å². The predicted molar refractivity (Wildman–Crippen MR) is 192 cm³/mol. The molecule has 0 atom stereocenters. The SMILES string of the molecule is COc1cc(S(=O)(=O)CCOS(=O)(=O)O)c(C)cc1/N=N/c1c(S(=O)(=O)O)cc2c(/N=N/c3ccc(C)cc3S(=O)(=O)O)c(NCS(=O)(=O)O)ccc2c1O. The van der Waals surface area contributed by atoms with Gasteiger partial charge in [0.2, 0.25) is 0 Å². The molecule has 0 heterocycles. The number of aromatic hydroxyl groups is 1. The zero-order valence-electron chi connectivity index (χ0n) is 28.2. The van der Waals surface area contributed by atoms with Crippen molar-refractivity contribution in [3.8, 4) is 11.5 Å². The standard InChI is InChI=1S/C28H29N5O17S5/c1-15-4-6-19(24(10-15)53(40,41)42)30-32-26-18-12-25(54(43,44)45)27(28(34)17(18)5-7-20(26)29-14-52(37,38)39)33-31-21-11-16(2)23(13-22(21)49-3)51(35,36)9-8-50-55(46,47)48/h4-7,10-13,29,34H,8-9,14H2,1-3H3,(H,37,38,39)(H,40,41,42)(H,43,44,45)(H,46,47,48)/b32-30+,33-31+. The molecule has 22 nitrogen and oxygen atoms in total. The molecule has 4 aromatic carbocycles. The highest BCUT2D eigenvalue weighted by atomic mass is 32.3. The molecule has 4 aromatic rings. The smallest absolute Gasteiger partial charge is 0.397 e. The van der Waals surface area contributed by atoms with Crippen LogP contribution in [-0.2, 0) is 54.8 Å². The maximum atomic E-state index is 12.9. The van der Waals surface area contributed by atoms with Gasteiger partial charge in [0.25, 0.3) is 30.4 Å². The highest BCUT2D eigenvalue weighted by Gasteiger charge is 2.26. The first-order valence-corrected chi connectivity index (χ1v) is 22.2. The summed E-state index contributed by atoms with van der Waals surface area (Å²) in [6.45, 7) is 1.90. The van der Waals surface area contributed by atoms with E-state index < -0.39 is 101 Å². The van der Waals surface area contributed by atoms with Crippen molar-refractivity contribution in [3.05, 3.63) is 59.7 Å². The number of anilines is 1. The van der Waals surface area contributed by atoms with Gasteiger partial charge in [-0.05, 0) is 61.4 Å². The Bertz CT molecular complexity index is 2830. The monoisotopic (exact) mass is 867 g/mol. The molecule has 55 heavy (non-hydrogen) atoms. The number of phenols is 1. The predicted octanol–water partition coefficient (Wildman–Crippen LogP) is 4.35. The number of hydrogen-bond acceptors (Lipinski definition) is 18. The van der Waals surface area contributed by atoms with Crippen LogP contribution in [0.4, 0.5) is 28.4 Å². The van der Waals surface area contributed by atoms with Gasteiger partial charge in [-0.1, -0.05) is 6.07 Å². The highest BCUT2D eigenvalue weighted by molar-refractivity contribution is 7.91. The minimum absolute atomic E-state index is 0.00463. The first-order valence-electron chi connectivity index (χ1n) is 14.7. The maximum absolute atomic E-state index is 12.9. The van der Waals surface area contributed by atoms with Crippen molar-refractivity contribution < 1.29 is 74.3 Å². The normalized spacial score (nSPS) is 13.2. The van der Waals surface area contributed by atoms with Crippen molar-refractivity contribution in [1.29, 1.82) is 0 Å². The Morgan fingerprint density at radius 2 is 1.29 bits per heavy atom. The van der Waals surface area contributed by atoms with Crippen molar-refractivity contribution in [2.45, 2.75) is 28.5 Å². The molecule has 0 aliphatic carbocycles. The Kier molecular flexibility index (Phi) is 12.4. The molecule has 6 N–H and O–H groups in total. The molecule has 0 saturated carbocycles. The third kappa shape index (κ3) is 10.7. The average molecular weight is 868 g/mol. The lowest BCUT2D eigenvalue weighted by Gasteiger charge is -2.14. The van der Waals surface area contributed by atoms with E-state index in [9.17, 15) is 60.9 Å². The van der Waals surface area contributed by atoms with Gasteiger partial charge in [0.1, 0.15) is 44.2 Å². The van der Waals surface area contributed by atoms with Crippen LogP contribution >= 0.6 is 0 Å². The lowest BCUT2D eigenvalue weighted by molar-refractivity contribution is 0.284. The summed E-state index contributed by atoms with van der Waals surface area (Å²) in [7, 11) is -23.0. The van der Waals surface area contributed by atoms with E-state index in [4.69, 9.17) is 9.29 Å². The molecule has 0 saturated heterocycles. The molecular weight excluding hydrogens is 839 g/mol. The van der Waals surface area contributed by atoms with E-state index in [1.54, 1.807) is 0 Å². The van der Waals surface area contributed by atoms with Gasteiger partial charge in [0.05, 0.1) is 30.1 Å². The van der Waals surface area contributed by atoms with E-state index in [1.165, 1.54) is 19.9 Å². The van der Waals surface area contributed by atoms with Gasteiger partial charge >= 0.3 is 10.4 Å². The van der Waals surface area contributed by atoms with E-state index in [2.05, 4.69) is 30.0 Å². The number of hydrogen-bond donors (Lipinski definition) is 6. The van der Waals surface area contributed by atoms with Crippen LogP contribution in [0.5, 0.6) is 11.5 Å². The Morgan fingerprint density at radius 1 is 0.673 bits per heavy atom. The minimum Gasteiger partial charge on any atom is -0.505 e. The summed E-state index contributed by atoms with van der Waals surface area (Å²) in [5.41, 5.74) is -1.88. The first kappa shape index (κ1) is 43.0. The summed E-state index contributed by atoms with van der Waals surface area (Å²) >= 11 is 0. The molecule has 27 heteroatoms. The summed E-state index contributed by atoms with van der Waals surface area (Å²) < 4.78 is 167. The van der Waals surface area contributed by atoms with E-state index >= 15 is 0 Å². The van der Waals surface area contributed by atoms with E-state index in [1.807, 2.05) is 0 Å². The average Bonchev–Trinajstić information content (AvgIpc) is 3.04. The number of methoxy groups -OCH3 is 1. The van der Waals surface area contributed by atoms with Crippen LogP contribution in [0.15, 0.2) is 83.7 Å². The van der Waals surface area contributed by atoms with Crippen LogP contribution in [0.1, 0.15) is 11.1 Å². The van der Waals surface area contributed by atoms with Crippen molar-refractivity contribution >= 4 is 89.8 Å². The van der Waals surface area contributed by atoms with Crippen LogP contribution in [-0.4, -0.2) is 90.8 Å². The highest BCUT2D eigenvalue weighted by Crippen LogP contribution is 2.47. The van der Waals surface area contributed by atoms with Gasteiger partial charge in [-0.3, -0.25) is 18.2 Å². The Balaban J connectivity index is 1.93. The molecule has 0 spiro atoms. The molecule has 0 aliphatic rings. The van der Waals surface area contributed by atoms with Crippen molar-refractivity contribution in [2.75, 3.05) is 30.7 Å². The second-order valence-corrected chi connectivity index (χ2v) is 18.6. The second-order valence-electron chi connectivity index (χ2n) is 11.2. The molecule has 0 amide bonds. The summed E-state index contributed by atoms with van der Waals surface area (Å²) in [6.07, 6.45) is 0. The summed E-state index contributed by atoms with van der Waals surface area (Å²) in [4.78, 5) is -2.16. The van der Waals surface area contributed by atoms with E-state index in [0.29, 0.717) is 5.56 Å². The third-order valence-corrected chi connectivity index (χ3v) is 11.8. The molecule has 298 valence electrons. The number of fused-ring (bicyclic) bond motifs is 1. The van der Waals surface area contributed by atoms with Crippen LogP contribution in [0.25, 0.3) is 10.8 Å². The maximum Gasteiger partial charge on any atom is 0.397 e. The largest absolute Gasteiger partial charge is 0.505 e. The second kappa shape index (κ2) is 15.8. The molecule has 4 rings (SSSR count). The molecular formula is C28H29N5O17S5. The number of sulfone groups is 1. The number of phenolic OH excluding ortho intramolecular Hbond substituents is 1. The third-order valence-electron chi connectivity index (χ3n) is 7.23. The molecule has 0 radical (unpaired) electrons. The van der Waals surface area contributed by atoms with Gasteiger partial charge in [-0.15, -0.1) is 20.5 Å². The summed E-state index contributed by atoms with van der Waals surface area (Å²) in [5.74, 6) is -3.24. The van der Waals surface area contributed by atoms with Crippen LogP contribution in [0.2, 0.25) is 0 Å². The van der Waals surface area contributed by atoms with Gasteiger partial charge in [0.15, 0.2) is 15.6 Å². The lowest BCUT2D eigenvalue weighted by atomic mass is 10.1. The quantitative estimate of drug-likeness (QED) is 0.0714. The first-order chi connectivity index (χ1) is 25.2. The molecule has 0 bridgehead atoms. The lowest BCUT2D eigenvalue weighted by Crippen LogP contribution is -2.16. The fourth-order valence-corrected chi connectivity index (χ4v) is 8.28. The Hall–Kier alpha value is -4.71. The molecule has 0 unspecified atom stereocenters. The Morgan fingerprint density at radius 3 is 1.87 bits per heavy atom. The summed E-state index contributed by atoms with van der Waals surface area (Å²) in [5, 5.41) is 28.5. The van der Waals surface area contributed by atoms with Gasteiger partial charge in [-0.25, -0.2) is 12.6 Å². The van der Waals surface area contributed by atoms with Gasteiger partial charge < -0.3 is 15.2 Å². The number of benzene rings is 4. The Labute approximate surface area is 313 Å². The molecule has 0 aliphatic heterocycles. The van der Waals surface area contributed by atoms with Crippen LogP contribution in [0, 0.1) is 13.8 Å². The fraction of sp³-hybridized carbons (Fsp3) is 0.214. The van der Waals surface area contributed by atoms with Gasteiger partial charge in [-0.2, -0.15) is 33.7 Å². The number of ether oxygens (including phenoxy) is 1. The fourth-order valence-electron chi connectivity index (χ4n) is 4.83. The van der Waals surface area contributed by atoms with Crippen molar-refractivity contribution in [2.24, 2.45) is 20.5 Å². The zero-order valence-corrected chi connectivity index (χ0v) is 32.3. The van der Waals surface area contributed by atoms with Crippen molar-refractivity contribution in [3.63, 3.8) is 0 Å². The number of azo groups is 2. The zero-order chi connectivity index (χ0) is 41.3. The minimum atomic E-state index is -5.32. The number of aryl methyl sites for hydroxylation is 2.